The van der Waals surface area contributed by atoms with Crippen LogP contribution in [-0.4, -0.2) is 88.8 Å². The Hall–Kier alpha value is -2.94. The van der Waals surface area contributed by atoms with Crippen LogP contribution in [-0.2, 0) is 9.59 Å². The van der Waals surface area contributed by atoms with Gasteiger partial charge in [0.05, 0.1) is 12.1 Å². The summed E-state index contributed by atoms with van der Waals surface area (Å²) in [5.74, 6) is -0.554. The molecule has 1 saturated carbocycles. The Balaban J connectivity index is 1.24. The number of benzene rings is 1. The Morgan fingerprint density at radius 1 is 1.21 bits per heavy atom. The van der Waals surface area contributed by atoms with E-state index in [1.54, 1.807) is 24.1 Å². The van der Waals surface area contributed by atoms with Crippen molar-refractivity contribution in [1.82, 2.24) is 25.0 Å². The van der Waals surface area contributed by atoms with Crippen LogP contribution in [0.25, 0.3) is 10.9 Å². The lowest BCUT2D eigenvalue weighted by atomic mass is 9.88. The molecule has 9 heteroatoms. The predicted octanol–water partition coefficient (Wildman–Crippen LogP) is 1.64. The summed E-state index contributed by atoms with van der Waals surface area (Å²) in [6.45, 7) is 3.89. The van der Waals surface area contributed by atoms with Crippen LogP contribution in [0.2, 0.25) is 0 Å². The maximum atomic E-state index is 14.1. The molecule has 2 aliphatic heterocycles. The number of halogens is 1. The van der Waals surface area contributed by atoms with Crippen LogP contribution in [0.5, 0.6) is 0 Å². The molecule has 2 saturated heterocycles. The van der Waals surface area contributed by atoms with E-state index in [1.165, 1.54) is 11.0 Å². The molecule has 3 aliphatic rings. The molecule has 3 fully saturated rings. The smallest absolute Gasteiger partial charge is 0.267 e. The maximum Gasteiger partial charge on any atom is 0.267 e. The highest BCUT2D eigenvalue weighted by molar-refractivity contribution is 5.99. The third-order valence-electron chi connectivity index (χ3n) is 7.46. The fraction of sp³-hybridized carbons (Fsp3) is 0.542. The van der Waals surface area contributed by atoms with Gasteiger partial charge in [-0.25, -0.2) is 4.39 Å². The monoisotopic (exact) mass is 455 g/mol. The van der Waals surface area contributed by atoms with Crippen molar-refractivity contribution in [1.29, 1.82) is 0 Å². The molecule has 0 bridgehead atoms. The number of H-pyrrole nitrogens is 1. The van der Waals surface area contributed by atoms with Gasteiger partial charge in [-0.2, -0.15) is 0 Å². The zero-order valence-corrected chi connectivity index (χ0v) is 19.1. The molecule has 1 aliphatic carbocycles. The molecule has 0 radical (unpaired) electrons. The highest BCUT2D eigenvalue weighted by atomic mass is 19.1. The number of fused-ring (bicyclic) bond motifs is 2. The van der Waals surface area contributed by atoms with E-state index < -0.39 is 6.04 Å². The first-order valence-corrected chi connectivity index (χ1v) is 11.7. The molecule has 3 atom stereocenters. The number of aromatic nitrogens is 1. The maximum absolute atomic E-state index is 14.1. The number of piperazine rings is 2. The lowest BCUT2D eigenvalue weighted by Gasteiger charge is -2.48. The van der Waals surface area contributed by atoms with E-state index in [9.17, 15) is 18.8 Å². The second-order valence-electron chi connectivity index (χ2n) is 9.62. The van der Waals surface area contributed by atoms with Crippen molar-refractivity contribution >= 4 is 28.6 Å². The summed E-state index contributed by atoms with van der Waals surface area (Å²) < 4.78 is 14.1. The summed E-state index contributed by atoms with van der Waals surface area (Å²) >= 11 is 0. The number of nitrogens with one attached hydrogen (secondary N) is 2. The molecular formula is C24H30FN5O3. The molecule has 3 heterocycles. The summed E-state index contributed by atoms with van der Waals surface area (Å²) in [7, 11) is 1.68. The van der Waals surface area contributed by atoms with Crippen molar-refractivity contribution in [3.63, 3.8) is 0 Å². The number of aryl methyl sites for hydroxylation is 1. The van der Waals surface area contributed by atoms with Gasteiger partial charge in [0, 0.05) is 44.2 Å². The first kappa shape index (κ1) is 21.9. The van der Waals surface area contributed by atoms with Gasteiger partial charge in [0.15, 0.2) is 0 Å². The number of carbonyl (C=O) groups excluding carboxylic acids is 3. The van der Waals surface area contributed by atoms with Gasteiger partial charge < -0.3 is 20.1 Å². The zero-order valence-electron chi connectivity index (χ0n) is 19.1. The summed E-state index contributed by atoms with van der Waals surface area (Å²) in [5, 5.41) is 3.55. The lowest BCUT2D eigenvalue weighted by Crippen LogP contribution is -2.67. The van der Waals surface area contributed by atoms with Crippen molar-refractivity contribution in [3.8, 4) is 0 Å². The number of carbonyl (C=O) groups is 3. The lowest BCUT2D eigenvalue weighted by molar-refractivity contribution is -0.159. The van der Waals surface area contributed by atoms with E-state index in [4.69, 9.17) is 0 Å². The van der Waals surface area contributed by atoms with Gasteiger partial charge in [0.2, 0.25) is 11.8 Å². The molecular weight excluding hydrogens is 425 g/mol. The summed E-state index contributed by atoms with van der Waals surface area (Å²) in [6.07, 6.45) is 3.67. The van der Waals surface area contributed by atoms with E-state index in [0.29, 0.717) is 29.7 Å². The molecule has 1 aromatic heterocycles. The number of nitrogens with zero attached hydrogens (tertiary/aromatic N) is 3. The Morgan fingerprint density at radius 3 is 2.82 bits per heavy atom. The number of rotatable bonds is 3. The normalized spacial score (nSPS) is 26.6. The van der Waals surface area contributed by atoms with Crippen molar-refractivity contribution in [3.05, 3.63) is 35.3 Å². The number of likely N-dealkylation sites (N-methyl/N-ethyl adjacent to an activating group) is 1. The van der Waals surface area contributed by atoms with Gasteiger partial charge in [-0.1, -0.05) is 6.07 Å². The average Bonchev–Trinajstić information content (AvgIpc) is 3.27. The van der Waals surface area contributed by atoms with E-state index >= 15 is 0 Å². The van der Waals surface area contributed by atoms with Crippen LogP contribution >= 0.6 is 0 Å². The van der Waals surface area contributed by atoms with E-state index in [2.05, 4.69) is 15.2 Å². The molecule has 176 valence electrons. The SMILES string of the molecule is Cc1ccc(F)c2cc(C(=O)N[C@@H]3CCC[C@H](N4CCN5C(=O)CN(C)C(=O)C5C4)C3)[nH]c12. The zero-order chi connectivity index (χ0) is 23.3. The molecule has 3 amide bonds. The van der Waals surface area contributed by atoms with Crippen molar-refractivity contribution in [2.75, 3.05) is 33.2 Å². The highest BCUT2D eigenvalue weighted by Crippen LogP contribution is 2.28. The van der Waals surface area contributed by atoms with E-state index in [0.717, 1.165) is 37.8 Å². The molecule has 33 heavy (non-hydrogen) atoms. The number of amides is 3. The quantitative estimate of drug-likeness (QED) is 0.737. The predicted molar refractivity (Wildman–Crippen MR) is 121 cm³/mol. The van der Waals surface area contributed by atoms with Crippen molar-refractivity contribution in [2.45, 2.75) is 50.7 Å². The fourth-order valence-corrected chi connectivity index (χ4v) is 5.61. The first-order valence-electron chi connectivity index (χ1n) is 11.7. The second-order valence-corrected chi connectivity index (χ2v) is 9.62. The summed E-state index contributed by atoms with van der Waals surface area (Å²) in [5.41, 5.74) is 1.91. The largest absolute Gasteiger partial charge is 0.350 e. The minimum Gasteiger partial charge on any atom is -0.350 e. The third kappa shape index (κ3) is 3.99. The van der Waals surface area contributed by atoms with Gasteiger partial charge in [0.25, 0.3) is 5.91 Å². The standard InChI is InChI=1S/C24H30FN5O3/c1-14-6-7-18(25)17-11-19(27-22(14)17)23(32)26-15-4-3-5-16(10-15)29-8-9-30-20(12-29)24(33)28(2)13-21(30)31/h6-7,11,15-16,20,27H,3-5,8-10,12-13H2,1-2H3,(H,26,32)/t15-,16+,20?/m1/s1. The molecule has 2 aromatic rings. The molecule has 8 nitrogen and oxygen atoms in total. The van der Waals surface area contributed by atoms with Gasteiger partial charge in [0.1, 0.15) is 17.6 Å². The van der Waals surface area contributed by atoms with Gasteiger partial charge in [-0.05, 0) is 50.3 Å². The number of aromatic amines is 1. The van der Waals surface area contributed by atoms with Crippen molar-refractivity contribution in [2.24, 2.45) is 0 Å². The Bertz CT molecular complexity index is 1080. The third-order valence-corrected chi connectivity index (χ3v) is 7.46. The number of hydrogen-bond donors (Lipinski definition) is 2. The molecule has 1 aromatic carbocycles. The van der Waals surface area contributed by atoms with Gasteiger partial charge in [-0.15, -0.1) is 0 Å². The minimum atomic E-state index is -0.413. The fourth-order valence-electron chi connectivity index (χ4n) is 5.61. The second kappa shape index (κ2) is 8.44. The van der Waals surface area contributed by atoms with E-state index in [-0.39, 0.29) is 42.2 Å². The molecule has 5 rings (SSSR count). The first-order chi connectivity index (χ1) is 15.8. The van der Waals surface area contributed by atoms with Gasteiger partial charge >= 0.3 is 0 Å². The van der Waals surface area contributed by atoms with Crippen LogP contribution in [0.4, 0.5) is 4.39 Å². The van der Waals surface area contributed by atoms with Crippen LogP contribution in [0.3, 0.4) is 0 Å². The topological polar surface area (TPSA) is 88.8 Å². The van der Waals surface area contributed by atoms with Crippen LogP contribution in [0, 0.1) is 12.7 Å². The van der Waals surface area contributed by atoms with Crippen LogP contribution in [0.1, 0.15) is 41.7 Å². The Labute approximate surface area is 192 Å². The average molecular weight is 456 g/mol. The molecule has 0 spiro atoms. The minimum absolute atomic E-state index is 0.00120. The number of hydrogen-bond acceptors (Lipinski definition) is 4. The molecule has 2 N–H and O–H groups in total. The van der Waals surface area contributed by atoms with Crippen LogP contribution in [0.15, 0.2) is 18.2 Å². The Morgan fingerprint density at radius 2 is 2.03 bits per heavy atom. The highest BCUT2D eigenvalue weighted by Gasteiger charge is 2.43. The van der Waals surface area contributed by atoms with Crippen LogP contribution < -0.4 is 5.32 Å². The molecule has 1 unspecified atom stereocenters. The summed E-state index contributed by atoms with van der Waals surface area (Å²) in [4.78, 5) is 46.5. The Kier molecular flexibility index (Phi) is 5.60. The van der Waals surface area contributed by atoms with E-state index in [1.807, 2.05) is 6.92 Å². The van der Waals surface area contributed by atoms with Crippen molar-refractivity contribution < 1.29 is 18.8 Å². The van der Waals surface area contributed by atoms with Gasteiger partial charge in [-0.3, -0.25) is 19.3 Å². The summed E-state index contributed by atoms with van der Waals surface area (Å²) in [6, 6.07) is 4.55.